The molecule has 0 saturated carbocycles. The Kier molecular flexibility index (Phi) is 2.85. The molecule has 6 nitrogen and oxygen atoms in total. The maximum Gasteiger partial charge on any atom is 0.314 e. The number of nitrogens with zero attached hydrogens (tertiary/aromatic N) is 2. The molecule has 0 fully saturated rings. The molecule has 1 aromatic heterocycles. The predicted molar refractivity (Wildman–Crippen MR) is 51.2 cm³/mol. The maximum absolute atomic E-state index is 10.6. The summed E-state index contributed by atoms with van der Waals surface area (Å²) in [4.78, 5) is 13.9. The number of ether oxygens (including phenoxy) is 1. The summed E-state index contributed by atoms with van der Waals surface area (Å²) in [6.07, 6.45) is 0.513. The van der Waals surface area contributed by atoms with Gasteiger partial charge in [0.25, 0.3) is 0 Å². The minimum Gasteiger partial charge on any atom is -0.481 e. The summed E-state index contributed by atoms with van der Waals surface area (Å²) in [5.74, 6) is 0.191. The zero-order valence-corrected chi connectivity index (χ0v) is 7.98. The number of hydrogen-bond acceptors (Lipinski definition) is 5. The molecule has 76 valence electrons. The molecule has 2 N–H and O–H groups in total. The van der Waals surface area contributed by atoms with E-state index < -0.39 is 4.92 Å². The average molecular weight is 197 g/mol. The highest BCUT2D eigenvalue weighted by Crippen LogP contribution is 2.28. The van der Waals surface area contributed by atoms with Crippen molar-refractivity contribution in [3.8, 4) is 5.88 Å². The van der Waals surface area contributed by atoms with Crippen LogP contribution in [0.15, 0.2) is 6.07 Å². The van der Waals surface area contributed by atoms with Crippen molar-refractivity contribution in [1.29, 1.82) is 0 Å². The lowest BCUT2D eigenvalue weighted by Crippen LogP contribution is -2.03. The summed E-state index contributed by atoms with van der Waals surface area (Å²) in [6.45, 7) is 1.81. The van der Waals surface area contributed by atoms with E-state index in [0.29, 0.717) is 17.9 Å². The highest BCUT2D eigenvalue weighted by molar-refractivity contribution is 5.59. The Hall–Kier alpha value is -1.85. The number of nitro groups is 1. The Morgan fingerprint density at radius 2 is 2.36 bits per heavy atom. The molecular formula is C8H11N3O3. The first-order valence-electron chi connectivity index (χ1n) is 4.08. The number of aromatic nitrogens is 1. The monoisotopic (exact) mass is 197 g/mol. The van der Waals surface area contributed by atoms with E-state index in [1.165, 1.54) is 13.2 Å². The van der Waals surface area contributed by atoms with Crippen LogP contribution in [0.4, 0.5) is 11.5 Å². The topological polar surface area (TPSA) is 91.3 Å². The van der Waals surface area contributed by atoms with Crippen LogP contribution in [0.1, 0.15) is 12.5 Å². The van der Waals surface area contributed by atoms with Gasteiger partial charge in [0.1, 0.15) is 0 Å². The van der Waals surface area contributed by atoms with Gasteiger partial charge in [-0.25, -0.2) is 0 Å². The third-order valence-electron chi connectivity index (χ3n) is 1.85. The van der Waals surface area contributed by atoms with Gasteiger partial charge in [0, 0.05) is 11.6 Å². The van der Waals surface area contributed by atoms with Crippen molar-refractivity contribution < 1.29 is 9.66 Å². The van der Waals surface area contributed by atoms with Crippen molar-refractivity contribution in [3.63, 3.8) is 0 Å². The van der Waals surface area contributed by atoms with Gasteiger partial charge in [-0.2, -0.15) is 4.98 Å². The number of anilines is 1. The van der Waals surface area contributed by atoms with Crippen molar-refractivity contribution >= 4 is 11.5 Å². The van der Waals surface area contributed by atoms with Gasteiger partial charge < -0.3 is 10.5 Å². The standard InChI is InChI=1S/C8H11N3O3/c1-3-5-4-6(14-2)10-8(9)7(5)11(12)13/h4H,3H2,1-2H3,(H2,9,10). The van der Waals surface area contributed by atoms with E-state index in [9.17, 15) is 10.1 Å². The highest BCUT2D eigenvalue weighted by atomic mass is 16.6. The number of hydrogen-bond donors (Lipinski definition) is 1. The Balaban J connectivity index is 3.34. The number of pyridine rings is 1. The van der Waals surface area contributed by atoms with Crippen LogP contribution >= 0.6 is 0 Å². The summed E-state index contributed by atoms with van der Waals surface area (Å²) >= 11 is 0. The van der Waals surface area contributed by atoms with Crippen molar-refractivity contribution in [3.05, 3.63) is 21.7 Å². The predicted octanol–water partition coefficient (Wildman–Crippen LogP) is 1.14. The fourth-order valence-electron chi connectivity index (χ4n) is 1.17. The second-order valence-corrected chi connectivity index (χ2v) is 2.67. The first-order chi connectivity index (χ1) is 6.60. The molecule has 0 aliphatic heterocycles. The molecule has 0 amide bonds. The molecule has 0 spiro atoms. The summed E-state index contributed by atoms with van der Waals surface area (Å²) < 4.78 is 4.86. The number of nitrogens with two attached hydrogens (primary N) is 1. The van der Waals surface area contributed by atoms with Crippen LogP contribution in [-0.2, 0) is 6.42 Å². The van der Waals surface area contributed by atoms with Crippen molar-refractivity contribution in [2.24, 2.45) is 0 Å². The Morgan fingerprint density at radius 1 is 1.71 bits per heavy atom. The van der Waals surface area contributed by atoms with Gasteiger partial charge in [-0.1, -0.05) is 6.92 Å². The Morgan fingerprint density at radius 3 is 2.79 bits per heavy atom. The second kappa shape index (κ2) is 3.91. The van der Waals surface area contributed by atoms with Gasteiger partial charge in [0.05, 0.1) is 12.0 Å². The van der Waals surface area contributed by atoms with Crippen LogP contribution in [-0.4, -0.2) is 17.0 Å². The zero-order valence-electron chi connectivity index (χ0n) is 7.98. The minimum atomic E-state index is -0.527. The lowest BCUT2D eigenvalue weighted by Gasteiger charge is -2.05. The largest absolute Gasteiger partial charge is 0.481 e. The number of aryl methyl sites for hydroxylation is 1. The third-order valence-corrected chi connectivity index (χ3v) is 1.85. The molecule has 0 atom stereocenters. The van der Waals surface area contributed by atoms with Gasteiger partial charge >= 0.3 is 5.69 Å². The molecule has 0 aliphatic rings. The second-order valence-electron chi connectivity index (χ2n) is 2.67. The minimum absolute atomic E-state index is 0.105. The van der Waals surface area contributed by atoms with E-state index in [1.807, 2.05) is 0 Å². The van der Waals surface area contributed by atoms with Crippen LogP contribution in [0.5, 0.6) is 5.88 Å². The van der Waals surface area contributed by atoms with Crippen molar-refractivity contribution in [2.75, 3.05) is 12.8 Å². The molecule has 1 rings (SSSR count). The van der Waals surface area contributed by atoms with Gasteiger partial charge in [-0.3, -0.25) is 10.1 Å². The molecule has 14 heavy (non-hydrogen) atoms. The molecule has 0 aliphatic carbocycles. The molecule has 1 aromatic rings. The van der Waals surface area contributed by atoms with Gasteiger partial charge in [0.2, 0.25) is 11.7 Å². The maximum atomic E-state index is 10.6. The SMILES string of the molecule is CCc1cc(OC)nc(N)c1[N+](=O)[O-]. The molecule has 1 heterocycles. The van der Waals surface area contributed by atoms with Gasteiger partial charge in [0.15, 0.2) is 0 Å². The fraction of sp³-hybridized carbons (Fsp3) is 0.375. The normalized spacial score (nSPS) is 9.86. The van der Waals surface area contributed by atoms with Crippen LogP contribution in [0.3, 0.4) is 0 Å². The quantitative estimate of drug-likeness (QED) is 0.579. The average Bonchev–Trinajstić information content (AvgIpc) is 2.15. The molecule has 0 saturated heterocycles. The number of methoxy groups -OCH3 is 1. The highest BCUT2D eigenvalue weighted by Gasteiger charge is 2.19. The van der Waals surface area contributed by atoms with Gasteiger partial charge in [-0.15, -0.1) is 0 Å². The van der Waals surface area contributed by atoms with E-state index >= 15 is 0 Å². The third kappa shape index (κ3) is 1.73. The fourth-order valence-corrected chi connectivity index (χ4v) is 1.17. The summed E-state index contributed by atoms with van der Waals surface area (Å²) in [5, 5.41) is 10.6. The van der Waals surface area contributed by atoms with Crippen LogP contribution in [0, 0.1) is 10.1 Å². The molecule has 0 bridgehead atoms. The number of nitrogen functional groups attached to an aromatic ring is 1. The summed E-state index contributed by atoms with van der Waals surface area (Å²) in [5.41, 5.74) is 5.84. The Labute approximate surface area is 80.9 Å². The molecule has 0 unspecified atom stereocenters. The Bertz CT molecular complexity index is 365. The lowest BCUT2D eigenvalue weighted by atomic mass is 10.1. The first kappa shape index (κ1) is 10.2. The smallest absolute Gasteiger partial charge is 0.314 e. The van der Waals surface area contributed by atoms with E-state index in [1.54, 1.807) is 6.92 Å². The van der Waals surface area contributed by atoms with E-state index in [0.717, 1.165) is 0 Å². The summed E-state index contributed by atoms with van der Waals surface area (Å²) in [7, 11) is 1.44. The van der Waals surface area contributed by atoms with Crippen LogP contribution in [0.25, 0.3) is 0 Å². The first-order valence-corrected chi connectivity index (χ1v) is 4.08. The van der Waals surface area contributed by atoms with Crippen LogP contribution in [0.2, 0.25) is 0 Å². The molecule has 6 heteroatoms. The van der Waals surface area contributed by atoms with Gasteiger partial charge in [-0.05, 0) is 6.42 Å². The van der Waals surface area contributed by atoms with E-state index in [4.69, 9.17) is 10.5 Å². The molecular weight excluding hydrogens is 186 g/mol. The molecule has 0 aromatic carbocycles. The van der Waals surface area contributed by atoms with Crippen molar-refractivity contribution in [1.82, 2.24) is 4.98 Å². The number of rotatable bonds is 3. The zero-order chi connectivity index (χ0) is 10.7. The van der Waals surface area contributed by atoms with E-state index in [-0.39, 0.29) is 11.5 Å². The van der Waals surface area contributed by atoms with Crippen LogP contribution < -0.4 is 10.5 Å². The van der Waals surface area contributed by atoms with Crippen molar-refractivity contribution in [2.45, 2.75) is 13.3 Å². The molecule has 0 radical (unpaired) electrons. The lowest BCUT2D eigenvalue weighted by molar-refractivity contribution is -0.384. The van der Waals surface area contributed by atoms with E-state index in [2.05, 4.69) is 4.98 Å². The summed E-state index contributed by atoms with van der Waals surface area (Å²) in [6, 6.07) is 1.52.